The number of carbonyl (C=O) groups excluding carboxylic acids is 1. The van der Waals surface area contributed by atoms with Crippen molar-refractivity contribution >= 4 is 28.7 Å². The molecule has 6 heteroatoms. The summed E-state index contributed by atoms with van der Waals surface area (Å²) in [5.41, 5.74) is 1.23. The molecule has 1 amide bonds. The summed E-state index contributed by atoms with van der Waals surface area (Å²) < 4.78 is 0. The van der Waals surface area contributed by atoms with Gasteiger partial charge in [0.05, 0.1) is 5.39 Å². The Kier molecular flexibility index (Phi) is 3.42. The third-order valence-corrected chi connectivity index (χ3v) is 4.27. The summed E-state index contributed by atoms with van der Waals surface area (Å²) in [5.74, 6) is 1.02. The van der Waals surface area contributed by atoms with Gasteiger partial charge in [-0.25, -0.2) is 9.97 Å². The number of likely N-dealkylation sites (tertiary alicyclic amines) is 1. The highest BCUT2D eigenvalue weighted by atomic mass is 32.2. The predicted molar refractivity (Wildman–Crippen MR) is 76.3 cm³/mol. The maximum atomic E-state index is 12.7. The van der Waals surface area contributed by atoms with Gasteiger partial charge in [-0.3, -0.25) is 4.79 Å². The average molecular weight is 276 g/mol. The first kappa shape index (κ1) is 12.5. The third kappa shape index (κ3) is 2.20. The van der Waals surface area contributed by atoms with E-state index >= 15 is 0 Å². The fourth-order valence-electron chi connectivity index (χ4n) is 2.65. The number of nitrogens with one attached hydrogen (secondary N) is 1. The van der Waals surface area contributed by atoms with Crippen molar-refractivity contribution in [3.8, 4) is 0 Å². The van der Waals surface area contributed by atoms with E-state index in [0.29, 0.717) is 11.7 Å². The molecule has 1 aliphatic heterocycles. The van der Waals surface area contributed by atoms with Crippen LogP contribution in [0.4, 0.5) is 0 Å². The van der Waals surface area contributed by atoms with Crippen LogP contribution in [0.3, 0.4) is 0 Å². The molecule has 0 radical (unpaired) electrons. The Hall–Kier alpha value is -1.56. The van der Waals surface area contributed by atoms with Crippen molar-refractivity contribution in [2.45, 2.75) is 18.9 Å². The Morgan fingerprint density at radius 3 is 3.32 bits per heavy atom. The van der Waals surface area contributed by atoms with Gasteiger partial charge in [-0.05, 0) is 25.2 Å². The van der Waals surface area contributed by atoms with Crippen molar-refractivity contribution in [1.82, 2.24) is 19.9 Å². The van der Waals surface area contributed by atoms with Gasteiger partial charge >= 0.3 is 0 Å². The number of rotatable bonds is 3. The molecule has 1 saturated heterocycles. The molecule has 1 unspecified atom stereocenters. The molecular weight excluding hydrogens is 260 g/mol. The van der Waals surface area contributed by atoms with Crippen LogP contribution in [0.25, 0.3) is 11.0 Å². The summed E-state index contributed by atoms with van der Waals surface area (Å²) in [6, 6.07) is 2.20. The summed E-state index contributed by atoms with van der Waals surface area (Å²) in [6.45, 7) is 0.833. The number of thioether (sulfide) groups is 1. The van der Waals surface area contributed by atoms with Crippen LogP contribution in [0.5, 0.6) is 0 Å². The fraction of sp³-hybridized carbons (Fsp3) is 0.462. The molecule has 3 rings (SSSR count). The fourth-order valence-corrected chi connectivity index (χ4v) is 3.38. The van der Waals surface area contributed by atoms with Crippen LogP contribution in [0, 0.1) is 0 Å². The van der Waals surface area contributed by atoms with Crippen molar-refractivity contribution in [3.63, 3.8) is 0 Å². The molecule has 1 atom stereocenters. The van der Waals surface area contributed by atoms with Crippen molar-refractivity contribution < 1.29 is 4.79 Å². The van der Waals surface area contributed by atoms with Crippen LogP contribution >= 0.6 is 11.8 Å². The highest BCUT2D eigenvalue weighted by Gasteiger charge is 2.30. The highest BCUT2D eigenvalue weighted by Crippen LogP contribution is 2.24. The van der Waals surface area contributed by atoms with E-state index in [4.69, 9.17) is 0 Å². The smallest absolute Gasteiger partial charge is 0.273 e. The SMILES string of the molecule is CSCC1CCCN1C(=O)c1ncnc2[nH]ccc12. The van der Waals surface area contributed by atoms with Crippen LogP contribution < -0.4 is 0 Å². The van der Waals surface area contributed by atoms with E-state index in [1.165, 1.54) is 6.33 Å². The zero-order valence-corrected chi connectivity index (χ0v) is 11.6. The van der Waals surface area contributed by atoms with Crippen LogP contribution in [-0.2, 0) is 0 Å². The molecule has 0 aromatic carbocycles. The van der Waals surface area contributed by atoms with Gasteiger partial charge in [0, 0.05) is 24.5 Å². The second kappa shape index (κ2) is 5.21. The lowest BCUT2D eigenvalue weighted by molar-refractivity contribution is 0.0746. The first-order valence-corrected chi connectivity index (χ1v) is 7.78. The number of carbonyl (C=O) groups is 1. The van der Waals surface area contributed by atoms with Crippen LogP contribution in [0.2, 0.25) is 0 Å². The number of aromatic nitrogens is 3. The minimum atomic E-state index is 0.0311. The molecule has 5 nitrogen and oxygen atoms in total. The second-order valence-corrected chi connectivity index (χ2v) is 5.62. The van der Waals surface area contributed by atoms with Gasteiger partial charge in [-0.1, -0.05) is 0 Å². The third-order valence-electron chi connectivity index (χ3n) is 3.55. The van der Waals surface area contributed by atoms with Crippen molar-refractivity contribution in [3.05, 3.63) is 24.3 Å². The largest absolute Gasteiger partial charge is 0.346 e. The summed E-state index contributed by atoms with van der Waals surface area (Å²) in [5, 5.41) is 0.808. The molecule has 2 aromatic heterocycles. The van der Waals surface area contributed by atoms with Crippen LogP contribution in [-0.4, -0.2) is 50.4 Å². The maximum absolute atomic E-state index is 12.7. The molecule has 100 valence electrons. The average Bonchev–Trinajstić information content (AvgIpc) is 3.06. The topological polar surface area (TPSA) is 61.9 Å². The number of fused-ring (bicyclic) bond motifs is 1. The van der Waals surface area contributed by atoms with E-state index in [-0.39, 0.29) is 5.91 Å². The number of hydrogen-bond donors (Lipinski definition) is 1. The predicted octanol–water partition coefficient (Wildman–Crippen LogP) is 1.93. The maximum Gasteiger partial charge on any atom is 0.273 e. The standard InChI is InChI=1S/C13H16N4OS/c1-19-7-9-3-2-6-17(9)13(18)11-10-4-5-14-12(10)16-8-15-11/h4-5,8-9H,2-3,6-7H2,1H3,(H,14,15,16). The quantitative estimate of drug-likeness (QED) is 0.930. The lowest BCUT2D eigenvalue weighted by Gasteiger charge is -2.23. The number of nitrogens with zero attached hydrogens (tertiary/aromatic N) is 3. The van der Waals surface area contributed by atoms with Gasteiger partial charge in [0.25, 0.3) is 5.91 Å². The molecule has 1 fully saturated rings. The Morgan fingerprint density at radius 1 is 1.58 bits per heavy atom. The van der Waals surface area contributed by atoms with Gasteiger partial charge in [0.1, 0.15) is 17.7 Å². The van der Waals surface area contributed by atoms with Crippen molar-refractivity contribution in [2.75, 3.05) is 18.6 Å². The molecule has 3 heterocycles. The normalized spacial score (nSPS) is 19.2. The molecule has 1 aliphatic rings. The molecule has 1 N–H and O–H groups in total. The summed E-state index contributed by atoms with van der Waals surface area (Å²) in [6.07, 6.45) is 7.49. The van der Waals surface area contributed by atoms with Gasteiger partial charge < -0.3 is 9.88 Å². The first-order chi connectivity index (χ1) is 9.31. The zero-order valence-electron chi connectivity index (χ0n) is 10.8. The summed E-state index contributed by atoms with van der Waals surface area (Å²) in [7, 11) is 0. The Bertz CT molecular complexity index is 597. The van der Waals surface area contributed by atoms with E-state index < -0.39 is 0 Å². The molecule has 0 saturated carbocycles. The molecule has 0 aliphatic carbocycles. The molecule has 0 spiro atoms. The van der Waals surface area contributed by atoms with Gasteiger partial charge in [0.15, 0.2) is 0 Å². The number of hydrogen-bond acceptors (Lipinski definition) is 4. The van der Waals surface area contributed by atoms with Crippen LogP contribution in [0.1, 0.15) is 23.3 Å². The first-order valence-electron chi connectivity index (χ1n) is 6.39. The Labute approximate surface area is 115 Å². The van der Waals surface area contributed by atoms with Gasteiger partial charge in [0.2, 0.25) is 0 Å². The Balaban J connectivity index is 1.93. The van der Waals surface area contributed by atoms with Crippen molar-refractivity contribution in [2.24, 2.45) is 0 Å². The monoisotopic (exact) mass is 276 g/mol. The lowest BCUT2D eigenvalue weighted by Crippen LogP contribution is -2.37. The minimum absolute atomic E-state index is 0.0311. The number of aromatic amines is 1. The molecule has 19 heavy (non-hydrogen) atoms. The van der Waals surface area contributed by atoms with E-state index in [2.05, 4.69) is 21.2 Å². The van der Waals surface area contributed by atoms with Crippen LogP contribution in [0.15, 0.2) is 18.6 Å². The van der Waals surface area contributed by atoms with E-state index in [1.807, 2.05) is 11.0 Å². The minimum Gasteiger partial charge on any atom is -0.346 e. The zero-order chi connectivity index (χ0) is 13.2. The summed E-state index contributed by atoms with van der Waals surface area (Å²) >= 11 is 1.79. The van der Waals surface area contributed by atoms with E-state index in [0.717, 1.165) is 36.2 Å². The van der Waals surface area contributed by atoms with Gasteiger partial charge in [-0.15, -0.1) is 0 Å². The molecule has 0 bridgehead atoms. The number of amides is 1. The van der Waals surface area contributed by atoms with Crippen molar-refractivity contribution in [1.29, 1.82) is 0 Å². The molecular formula is C13H16N4OS. The number of H-pyrrole nitrogens is 1. The van der Waals surface area contributed by atoms with E-state index in [1.54, 1.807) is 18.0 Å². The Morgan fingerprint density at radius 2 is 2.47 bits per heavy atom. The summed E-state index contributed by atoms with van der Waals surface area (Å²) in [4.78, 5) is 25.9. The van der Waals surface area contributed by atoms with Gasteiger partial charge in [-0.2, -0.15) is 11.8 Å². The second-order valence-electron chi connectivity index (χ2n) is 4.71. The highest BCUT2D eigenvalue weighted by molar-refractivity contribution is 7.98. The van der Waals surface area contributed by atoms with E-state index in [9.17, 15) is 4.79 Å². The molecule has 2 aromatic rings. The lowest BCUT2D eigenvalue weighted by atomic mass is 10.2.